The number of unbranched alkanes of at least 4 members (excludes halogenated alkanes) is 3. The first-order valence-electron chi connectivity index (χ1n) is 9.88. The first kappa shape index (κ1) is 23.3. The van der Waals surface area contributed by atoms with Crippen LogP contribution >= 0.6 is 12.4 Å². The van der Waals surface area contributed by atoms with Crippen molar-refractivity contribution in [3.8, 4) is 11.5 Å². The molecule has 0 aliphatic rings. The molecule has 0 atom stereocenters. The second-order valence-corrected chi connectivity index (χ2v) is 6.69. The predicted octanol–water partition coefficient (Wildman–Crippen LogP) is 6.06. The summed E-state index contributed by atoms with van der Waals surface area (Å²) >= 11 is 0. The van der Waals surface area contributed by atoms with Crippen molar-refractivity contribution in [2.45, 2.75) is 59.6 Å². The van der Waals surface area contributed by atoms with Crippen molar-refractivity contribution >= 4 is 12.4 Å². The van der Waals surface area contributed by atoms with Crippen LogP contribution in [-0.2, 0) is 13.2 Å². The third-order valence-corrected chi connectivity index (χ3v) is 4.39. The number of nitrogens with one attached hydrogen (secondary N) is 1. The number of benzene rings is 2. The molecule has 0 amide bonds. The highest BCUT2D eigenvalue weighted by molar-refractivity contribution is 5.85. The summed E-state index contributed by atoms with van der Waals surface area (Å²) in [7, 11) is 0. The number of hydrogen-bond acceptors (Lipinski definition) is 3. The Morgan fingerprint density at radius 1 is 0.889 bits per heavy atom. The SMILES string of the molecule is CCCCCCNCc1cccc(OCC)c1OCc1ccc(C)cc1.Cl. The summed E-state index contributed by atoms with van der Waals surface area (Å²) in [6, 6.07) is 14.6. The lowest BCUT2D eigenvalue weighted by atomic mass is 10.1. The zero-order valence-corrected chi connectivity index (χ0v) is 17.7. The molecule has 3 nitrogen and oxygen atoms in total. The maximum absolute atomic E-state index is 6.18. The average Bonchev–Trinajstić information content (AvgIpc) is 2.65. The topological polar surface area (TPSA) is 30.5 Å². The van der Waals surface area contributed by atoms with E-state index in [9.17, 15) is 0 Å². The highest BCUT2D eigenvalue weighted by Crippen LogP contribution is 2.32. The number of rotatable bonds is 12. The van der Waals surface area contributed by atoms with Crippen LogP contribution in [0.15, 0.2) is 42.5 Å². The van der Waals surface area contributed by atoms with Gasteiger partial charge in [0.2, 0.25) is 0 Å². The first-order valence-corrected chi connectivity index (χ1v) is 9.88. The molecule has 1 N–H and O–H groups in total. The van der Waals surface area contributed by atoms with Gasteiger partial charge in [0.1, 0.15) is 6.61 Å². The standard InChI is InChI=1S/C23H33NO2.ClH/c1-4-6-7-8-16-24-17-21-10-9-11-22(25-5-2)23(21)26-18-20-14-12-19(3)13-15-20;/h9-15,24H,4-8,16-18H2,1-3H3;1H. The van der Waals surface area contributed by atoms with Gasteiger partial charge in [-0.2, -0.15) is 0 Å². The lowest BCUT2D eigenvalue weighted by Crippen LogP contribution is -2.16. The molecule has 150 valence electrons. The maximum Gasteiger partial charge on any atom is 0.166 e. The largest absolute Gasteiger partial charge is 0.490 e. The highest BCUT2D eigenvalue weighted by atomic mass is 35.5. The lowest BCUT2D eigenvalue weighted by molar-refractivity contribution is 0.266. The number of hydrogen-bond donors (Lipinski definition) is 1. The van der Waals surface area contributed by atoms with Crippen LogP contribution < -0.4 is 14.8 Å². The summed E-state index contributed by atoms with van der Waals surface area (Å²) < 4.78 is 12.0. The molecule has 0 unspecified atom stereocenters. The van der Waals surface area contributed by atoms with Crippen LogP contribution in [-0.4, -0.2) is 13.2 Å². The Bertz CT molecular complexity index is 643. The van der Waals surface area contributed by atoms with Crippen LogP contribution in [0.1, 0.15) is 56.2 Å². The zero-order chi connectivity index (χ0) is 18.6. The van der Waals surface area contributed by atoms with E-state index in [2.05, 4.69) is 49.5 Å². The fourth-order valence-corrected chi connectivity index (χ4v) is 2.87. The fraction of sp³-hybridized carbons (Fsp3) is 0.478. The Labute approximate surface area is 170 Å². The molecule has 0 aliphatic heterocycles. The zero-order valence-electron chi connectivity index (χ0n) is 16.9. The molecule has 0 radical (unpaired) electrons. The van der Waals surface area contributed by atoms with E-state index in [-0.39, 0.29) is 12.4 Å². The molecule has 0 fully saturated rings. The van der Waals surface area contributed by atoms with Crippen molar-refractivity contribution in [3.05, 3.63) is 59.2 Å². The summed E-state index contributed by atoms with van der Waals surface area (Å²) in [4.78, 5) is 0. The third kappa shape index (κ3) is 8.23. The fourth-order valence-electron chi connectivity index (χ4n) is 2.87. The van der Waals surface area contributed by atoms with E-state index in [0.29, 0.717) is 13.2 Å². The van der Waals surface area contributed by atoms with Crippen LogP contribution in [0.2, 0.25) is 0 Å². The van der Waals surface area contributed by atoms with E-state index in [1.807, 2.05) is 19.1 Å². The lowest BCUT2D eigenvalue weighted by Gasteiger charge is -2.16. The Hall–Kier alpha value is -1.71. The second kappa shape index (κ2) is 13.5. The van der Waals surface area contributed by atoms with Crippen molar-refractivity contribution in [1.82, 2.24) is 5.32 Å². The van der Waals surface area contributed by atoms with Crippen LogP contribution in [0.5, 0.6) is 11.5 Å². The smallest absolute Gasteiger partial charge is 0.166 e. The molecule has 0 heterocycles. The van der Waals surface area contributed by atoms with Gasteiger partial charge in [0, 0.05) is 12.1 Å². The summed E-state index contributed by atoms with van der Waals surface area (Å²) in [5.41, 5.74) is 3.58. The molecule has 27 heavy (non-hydrogen) atoms. The van der Waals surface area contributed by atoms with Gasteiger partial charge in [-0.15, -0.1) is 12.4 Å². The quantitative estimate of drug-likeness (QED) is 0.446. The van der Waals surface area contributed by atoms with Gasteiger partial charge in [0.05, 0.1) is 6.61 Å². The molecule has 2 aromatic rings. The third-order valence-electron chi connectivity index (χ3n) is 4.39. The van der Waals surface area contributed by atoms with E-state index in [4.69, 9.17) is 9.47 Å². The number of para-hydroxylation sites is 1. The maximum atomic E-state index is 6.18. The Balaban J connectivity index is 0.00000364. The van der Waals surface area contributed by atoms with Crippen molar-refractivity contribution < 1.29 is 9.47 Å². The minimum absolute atomic E-state index is 0. The van der Waals surface area contributed by atoms with Gasteiger partial charge < -0.3 is 14.8 Å². The molecular formula is C23H34ClNO2. The van der Waals surface area contributed by atoms with Crippen LogP contribution in [0.4, 0.5) is 0 Å². The molecule has 2 rings (SSSR count). The van der Waals surface area contributed by atoms with Gasteiger partial charge in [0.25, 0.3) is 0 Å². The first-order chi connectivity index (χ1) is 12.7. The van der Waals surface area contributed by atoms with Crippen LogP contribution in [0, 0.1) is 6.92 Å². The van der Waals surface area contributed by atoms with Crippen molar-refractivity contribution in [2.24, 2.45) is 0 Å². The average molecular weight is 392 g/mol. The Morgan fingerprint density at radius 2 is 1.67 bits per heavy atom. The van der Waals surface area contributed by atoms with Gasteiger partial charge in [-0.1, -0.05) is 68.1 Å². The van der Waals surface area contributed by atoms with Crippen molar-refractivity contribution in [1.29, 1.82) is 0 Å². The molecule has 4 heteroatoms. The normalized spacial score (nSPS) is 10.3. The van der Waals surface area contributed by atoms with Crippen molar-refractivity contribution in [2.75, 3.05) is 13.2 Å². The van der Waals surface area contributed by atoms with E-state index in [0.717, 1.165) is 30.2 Å². The van der Waals surface area contributed by atoms with E-state index in [1.165, 1.54) is 36.8 Å². The predicted molar refractivity (Wildman–Crippen MR) is 116 cm³/mol. The number of aryl methyl sites for hydroxylation is 1. The minimum Gasteiger partial charge on any atom is -0.490 e. The van der Waals surface area contributed by atoms with E-state index in [1.54, 1.807) is 0 Å². The van der Waals surface area contributed by atoms with E-state index < -0.39 is 0 Å². The molecular weight excluding hydrogens is 358 g/mol. The van der Waals surface area contributed by atoms with Gasteiger partial charge in [-0.3, -0.25) is 0 Å². The molecule has 0 spiro atoms. The van der Waals surface area contributed by atoms with Gasteiger partial charge in [-0.05, 0) is 38.4 Å². The number of halogens is 1. The van der Waals surface area contributed by atoms with Gasteiger partial charge >= 0.3 is 0 Å². The summed E-state index contributed by atoms with van der Waals surface area (Å²) in [6.45, 7) is 9.36. The molecule has 0 saturated carbocycles. The summed E-state index contributed by atoms with van der Waals surface area (Å²) in [6.07, 6.45) is 5.09. The molecule has 2 aromatic carbocycles. The van der Waals surface area contributed by atoms with Crippen LogP contribution in [0.3, 0.4) is 0 Å². The Kier molecular flexibility index (Phi) is 11.6. The Morgan fingerprint density at radius 3 is 2.37 bits per heavy atom. The molecule has 0 bridgehead atoms. The van der Waals surface area contributed by atoms with Gasteiger partial charge in [-0.25, -0.2) is 0 Å². The summed E-state index contributed by atoms with van der Waals surface area (Å²) in [5.74, 6) is 1.68. The van der Waals surface area contributed by atoms with Crippen molar-refractivity contribution in [3.63, 3.8) is 0 Å². The highest BCUT2D eigenvalue weighted by Gasteiger charge is 2.11. The van der Waals surface area contributed by atoms with Crippen LogP contribution in [0.25, 0.3) is 0 Å². The summed E-state index contributed by atoms with van der Waals surface area (Å²) in [5, 5.41) is 3.54. The molecule has 0 aliphatic carbocycles. The molecule has 0 aromatic heterocycles. The minimum atomic E-state index is 0. The second-order valence-electron chi connectivity index (χ2n) is 6.69. The monoisotopic (exact) mass is 391 g/mol. The van der Waals surface area contributed by atoms with Gasteiger partial charge in [0.15, 0.2) is 11.5 Å². The van der Waals surface area contributed by atoms with E-state index >= 15 is 0 Å². The molecule has 0 saturated heterocycles. The number of ether oxygens (including phenoxy) is 2.